The molecule has 2 aromatic rings. The van der Waals surface area contributed by atoms with Crippen molar-refractivity contribution in [1.82, 2.24) is 10.2 Å². The molecular weight excluding hydrogens is 386 g/mol. The summed E-state index contributed by atoms with van der Waals surface area (Å²) < 4.78 is 27.5. The van der Waals surface area contributed by atoms with Crippen LogP contribution in [0.5, 0.6) is 0 Å². The minimum absolute atomic E-state index is 0.0556. The maximum Gasteiger partial charge on any atom is 0.256 e. The second kappa shape index (κ2) is 7.67. The van der Waals surface area contributed by atoms with Crippen LogP contribution in [-0.2, 0) is 14.8 Å². The lowest BCUT2D eigenvalue weighted by molar-refractivity contribution is -0.117. The Morgan fingerprint density at radius 3 is 2.48 bits per heavy atom. The van der Waals surface area contributed by atoms with Gasteiger partial charge in [0, 0.05) is 12.7 Å². The van der Waals surface area contributed by atoms with E-state index in [9.17, 15) is 13.2 Å². The summed E-state index contributed by atoms with van der Waals surface area (Å²) in [7, 11) is -3.54. The normalized spacial score (nSPS) is 18.3. The molecule has 2 aliphatic heterocycles. The van der Waals surface area contributed by atoms with E-state index in [4.69, 9.17) is 0 Å². The number of amides is 1. The topological polar surface area (TPSA) is 78.8 Å². The molecule has 2 aliphatic rings. The zero-order valence-electron chi connectivity index (χ0n) is 15.9. The number of hydrogen-bond acceptors (Lipinski definition) is 4. The van der Waals surface area contributed by atoms with E-state index in [-0.39, 0.29) is 29.1 Å². The van der Waals surface area contributed by atoms with Crippen LogP contribution in [0.1, 0.15) is 18.5 Å². The van der Waals surface area contributed by atoms with Gasteiger partial charge < -0.3 is 10.2 Å². The average Bonchev–Trinajstić information content (AvgIpc) is 2.73. The summed E-state index contributed by atoms with van der Waals surface area (Å²) in [5.74, 6) is -0.224. The van der Waals surface area contributed by atoms with Crippen LogP contribution in [0.25, 0.3) is 11.1 Å². The minimum atomic E-state index is -3.54. The molecule has 4 rings (SSSR count). The number of carbonyl (C=O) groups excluding carboxylic acids is 1. The van der Waals surface area contributed by atoms with Gasteiger partial charge in [-0.2, -0.15) is 0 Å². The molecule has 0 spiro atoms. The maximum atomic E-state index is 12.8. The van der Waals surface area contributed by atoms with E-state index >= 15 is 0 Å². The van der Waals surface area contributed by atoms with Crippen LogP contribution in [0.2, 0.25) is 0 Å². The fraction of sp³-hybridized carbons (Fsp3) is 0.182. The highest BCUT2D eigenvalue weighted by Crippen LogP contribution is 2.23. The Hall–Kier alpha value is -3.19. The van der Waals surface area contributed by atoms with Crippen molar-refractivity contribution in [3.8, 4) is 11.1 Å². The molecule has 2 aromatic carbocycles. The van der Waals surface area contributed by atoms with Gasteiger partial charge in [0.05, 0.1) is 17.4 Å². The molecule has 7 heteroatoms. The number of benzene rings is 2. The predicted molar refractivity (Wildman–Crippen MR) is 114 cm³/mol. The SMILES string of the molecule is CC(NC(=O)C1=CC=CN2CCS(=O)(=O)N=C12)c1ccc(-c2ccccc2)cc1. The summed E-state index contributed by atoms with van der Waals surface area (Å²) in [4.78, 5) is 14.5. The molecule has 0 aliphatic carbocycles. The van der Waals surface area contributed by atoms with E-state index < -0.39 is 10.0 Å². The highest BCUT2D eigenvalue weighted by molar-refractivity contribution is 7.90. The first kappa shape index (κ1) is 19.1. The Kier molecular flexibility index (Phi) is 5.07. The van der Waals surface area contributed by atoms with Crippen molar-refractivity contribution >= 4 is 21.8 Å². The molecule has 0 aromatic heterocycles. The number of nitrogens with one attached hydrogen (secondary N) is 1. The molecule has 0 radical (unpaired) electrons. The van der Waals surface area contributed by atoms with Gasteiger partial charge in [0.15, 0.2) is 5.84 Å². The number of amidine groups is 1. The predicted octanol–water partition coefficient (Wildman–Crippen LogP) is 3.03. The van der Waals surface area contributed by atoms with Crippen molar-refractivity contribution in [1.29, 1.82) is 0 Å². The van der Waals surface area contributed by atoms with Crippen molar-refractivity contribution in [3.63, 3.8) is 0 Å². The van der Waals surface area contributed by atoms with Gasteiger partial charge in [-0.05, 0) is 35.8 Å². The maximum absolute atomic E-state index is 12.8. The number of hydrogen-bond donors (Lipinski definition) is 1. The lowest BCUT2D eigenvalue weighted by Crippen LogP contribution is -2.42. The van der Waals surface area contributed by atoms with Crippen LogP contribution in [0.15, 0.2) is 82.9 Å². The molecule has 148 valence electrons. The van der Waals surface area contributed by atoms with Crippen molar-refractivity contribution in [2.75, 3.05) is 12.3 Å². The number of rotatable bonds is 4. The molecule has 1 unspecified atom stereocenters. The summed E-state index contributed by atoms with van der Waals surface area (Å²) in [6, 6.07) is 17.8. The lowest BCUT2D eigenvalue weighted by Gasteiger charge is -2.29. The first-order chi connectivity index (χ1) is 13.9. The van der Waals surface area contributed by atoms with E-state index in [1.165, 1.54) is 0 Å². The fourth-order valence-corrected chi connectivity index (χ4v) is 4.33. The molecule has 1 N–H and O–H groups in total. The highest BCUT2D eigenvalue weighted by Gasteiger charge is 2.30. The molecule has 29 heavy (non-hydrogen) atoms. The summed E-state index contributed by atoms with van der Waals surface area (Å²) in [6.07, 6.45) is 5.05. The van der Waals surface area contributed by atoms with Crippen LogP contribution in [0, 0.1) is 0 Å². The summed E-state index contributed by atoms with van der Waals surface area (Å²) in [5.41, 5.74) is 3.44. The quantitative estimate of drug-likeness (QED) is 0.845. The zero-order valence-corrected chi connectivity index (χ0v) is 16.8. The number of nitrogens with zero attached hydrogens (tertiary/aromatic N) is 2. The van der Waals surface area contributed by atoms with Crippen molar-refractivity contribution in [2.45, 2.75) is 13.0 Å². The monoisotopic (exact) mass is 407 g/mol. The molecular formula is C22H21N3O3S. The van der Waals surface area contributed by atoms with E-state index in [2.05, 4.69) is 9.71 Å². The van der Waals surface area contributed by atoms with Gasteiger partial charge in [-0.15, -0.1) is 4.40 Å². The molecule has 1 amide bonds. The van der Waals surface area contributed by atoms with Gasteiger partial charge in [-0.25, -0.2) is 8.42 Å². The lowest BCUT2D eigenvalue weighted by atomic mass is 10.0. The second-order valence-electron chi connectivity index (χ2n) is 7.00. The van der Waals surface area contributed by atoms with Crippen LogP contribution in [0.3, 0.4) is 0 Å². The first-order valence-electron chi connectivity index (χ1n) is 9.37. The fourth-order valence-electron chi connectivity index (χ4n) is 3.35. The van der Waals surface area contributed by atoms with Gasteiger partial charge in [-0.1, -0.05) is 54.6 Å². The average molecular weight is 407 g/mol. The second-order valence-corrected chi connectivity index (χ2v) is 8.75. The number of allylic oxidation sites excluding steroid dienone is 2. The van der Waals surface area contributed by atoms with Crippen LogP contribution < -0.4 is 5.32 Å². The molecule has 0 bridgehead atoms. The van der Waals surface area contributed by atoms with E-state index in [0.717, 1.165) is 16.7 Å². The number of sulfonamides is 1. The third-order valence-corrected chi connectivity index (χ3v) is 6.12. The van der Waals surface area contributed by atoms with Crippen LogP contribution >= 0.6 is 0 Å². The number of carbonyl (C=O) groups is 1. The Morgan fingerprint density at radius 2 is 1.76 bits per heavy atom. The summed E-state index contributed by atoms with van der Waals surface area (Å²) in [6.45, 7) is 2.19. The van der Waals surface area contributed by atoms with Gasteiger partial charge in [-0.3, -0.25) is 4.79 Å². The van der Waals surface area contributed by atoms with Gasteiger partial charge in [0.2, 0.25) is 0 Å². The first-order valence-corrected chi connectivity index (χ1v) is 11.0. The van der Waals surface area contributed by atoms with E-state index in [0.29, 0.717) is 6.54 Å². The smallest absolute Gasteiger partial charge is 0.256 e. The van der Waals surface area contributed by atoms with Gasteiger partial charge in [0.1, 0.15) is 0 Å². The largest absolute Gasteiger partial charge is 0.345 e. The van der Waals surface area contributed by atoms with Gasteiger partial charge >= 0.3 is 0 Å². The van der Waals surface area contributed by atoms with Crippen molar-refractivity contribution in [3.05, 3.63) is 84.1 Å². The molecule has 6 nitrogen and oxygen atoms in total. The zero-order chi connectivity index (χ0) is 20.4. The van der Waals surface area contributed by atoms with Crippen LogP contribution in [-0.4, -0.2) is 37.4 Å². The highest BCUT2D eigenvalue weighted by atomic mass is 32.2. The van der Waals surface area contributed by atoms with Gasteiger partial charge in [0.25, 0.3) is 15.9 Å². The molecule has 2 heterocycles. The van der Waals surface area contributed by atoms with E-state index in [1.54, 1.807) is 23.3 Å². The molecule has 0 fully saturated rings. The number of fused-ring (bicyclic) bond motifs is 1. The van der Waals surface area contributed by atoms with Crippen molar-refractivity contribution < 1.29 is 13.2 Å². The third kappa shape index (κ3) is 4.14. The van der Waals surface area contributed by atoms with E-state index in [1.807, 2.05) is 61.5 Å². The third-order valence-electron chi connectivity index (χ3n) is 4.97. The molecule has 1 atom stereocenters. The molecule has 0 saturated carbocycles. The minimum Gasteiger partial charge on any atom is -0.345 e. The summed E-state index contributed by atoms with van der Waals surface area (Å²) in [5, 5.41) is 2.94. The standard InChI is InChI=1S/C22H21N3O3S/c1-16(17-9-11-19(12-10-17)18-6-3-2-4-7-18)23-22(26)20-8-5-13-25-14-15-29(27,28)24-21(20)25/h2-13,16H,14-15H2,1H3,(H,23,26). The Balaban J connectivity index is 1.50. The van der Waals surface area contributed by atoms with Crippen LogP contribution in [0.4, 0.5) is 0 Å². The Bertz CT molecular complexity index is 1120. The molecule has 0 saturated heterocycles. The Labute approximate surface area is 170 Å². The Morgan fingerprint density at radius 1 is 1.07 bits per heavy atom. The summed E-state index contributed by atoms with van der Waals surface area (Å²) >= 11 is 0. The van der Waals surface area contributed by atoms with Crippen molar-refractivity contribution in [2.24, 2.45) is 4.40 Å².